The molecule has 2 N–H and O–H groups in total. The van der Waals surface area contributed by atoms with E-state index in [1.807, 2.05) is 0 Å². The van der Waals surface area contributed by atoms with Crippen molar-refractivity contribution in [1.29, 1.82) is 0 Å². The van der Waals surface area contributed by atoms with Crippen molar-refractivity contribution in [2.45, 2.75) is 89.8 Å². The van der Waals surface area contributed by atoms with Gasteiger partial charge in [0.2, 0.25) is 24.1 Å². The van der Waals surface area contributed by atoms with Crippen LogP contribution in [0.15, 0.2) is 12.3 Å². The highest BCUT2D eigenvalue weighted by Gasteiger charge is 2.41. The minimum atomic E-state index is -2.89. The fourth-order valence-corrected chi connectivity index (χ4v) is 4.49. The first-order chi connectivity index (χ1) is 18.6. The molecule has 0 saturated heterocycles. The van der Waals surface area contributed by atoms with E-state index in [-0.39, 0.29) is 24.3 Å². The second kappa shape index (κ2) is 12.3. The molecule has 3 rings (SSSR count). The quantitative estimate of drug-likeness (QED) is 0.402. The minimum absolute atomic E-state index is 0.0616. The summed E-state index contributed by atoms with van der Waals surface area (Å²) < 4.78 is 80.8. The van der Waals surface area contributed by atoms with E-state index in [1.165, 1.54) is 13.2 Å². The second-order valence-electron chi connectivity index (χ2n) is 10.7. The van der Waals surface area contributed by atoms with Gasteiger partial charge in [-0.3, -0.25) is 9.48 Å². The summed E-state index contributed by atoms with van der Waals surface area (Å²) in [4.78, 5) is 25.7. The number of nitrogens with one attached hydrogen (secondary N) is 2. The van der Waals surface area contributed by atoms with Gasteiger partial charge in [-0.1, -0.05) is 0 Å². The van der Waals surface area contributed by atoms with Crippen molar-refractivity contribution in [3.8, 4) is 5.88 Å². The molecule has 15 heteroatoms. The van der Waals surface area contributed by atoms with E-state index in [9.17, 15) is 31.5 Å². The lowest BCUT2D eigenvalue weighted by molar-refractivity contribution is -0.121. The first-order valence-electron chi connectivity index (χ1n) is 12.7. The Morgan fingerprint density at radius 2 is 1.85 bits per heavy atom. The van der Waals surface area contributed by atoms with Crippen LogP contribution < -0.4 is 15.4 Å². The second-order valence-corrected chi connectivity index (χ2v) is 10.7. The van der Waals surface area contributed by atoms with Gasteiger partial charge < -0.3 is 20.1 Å². The Balaban J connectivity index is 1.89. The van der Waals surface area contributed by atoms with Crippen molar-refractivity contribution >= 4 is 17.7 Å². The summed E-state index contributed by atoms with van der Waals surface area (Å²) in [6.45, 7) is 6.41. The molecule has 2 heterocycles. The number of rotatable bonds is 9. The van der Waals surface area contributed by atoms with Gasteiger partial charge in [-0.05, 0) is 52.5 Å². The number of carbonyl (C=O) groups is 2. The van der Waals surface area contributed by atoms with Crippen LogP contribution in [0.5, 0.6) is 5.88 Å². The Kier molecular flexibility index (Phi) is 9.56. The zero-order valence-electron chi connectivity index (χ0n) is 22.8. The van der Waals surface area contributed by atoms with E-state index < -0.39 is 78.8 Å². The lowest BCUT2D eigenvalue weighted by atomic mass is 9.81. The lowest BCUT2D eigenvalue weighted by Crippen LogP contribution is -2.51. The molecule has 2 atom stereocenters. The first-order valence-corrected chi connectivity index (χ1v) is 12.7. The molecule has 1 aliphatic rings. The summed E-state index contributed by atoms with van der Waals surface area (Å²) >= 11 is 0. The molecule has 1 fully saturated rings. The van der Waals surface area contributed by atoms with Crippen LogP contribution in [0.3, 0.4) is 0 Å². The standard InChI is InChI=1S/C25H33F5N6O4/c1-13-10-15(22(39-5)34-33-13)17(11-18(26)27)36-12-16(20(28)35-36)31-21(37)19(32-23(38)40-24(2,3)4)14-6-8-25(29,30)9-7-14/h10,12,14,17-19H,6-9,11H2,1-5H3,(H,31,37)(H,32,38)/t17?,19-/m0/s1. The number of hydrogen-bond donors (Lipinski definition) is 2. The zero-order valence-corrected chi connectivity index (χ0v) is 22.8. The molecule has 1 unspecified atom stereocenters. The van der Waals surface area contributed by atoms with Crippen LogP contribution in [0.2, 0.25) is 0 Å². The average Bonchev–Trinajstić information content (AvgIpc) is 3.19. The SMILES string of the molecule is COc1nnc(C)cc1C(CC(F)F)n1cc(NC(=O)[C@@H](NC(=O)OC(C)(C)C)C2CCC(F)(F)CC2)c(F)n1. The fraction of sp³-hybridized carbons (Fsp3) is 0.640. The van der Waals surface area contributed by atoms with Crippen molar-refractivity contribution in [1.82, 2.24) is 25.3 Å². The maximum Gasteiger partial charge on any atom is 0.408 e. The number of halogens is 5. The van der Waals surface area contributed by atoms with Gasteiger partial charge in [-0.2, -0.15) is 9.49 Å². The smallest absolute Gasteiger partial charge is 0.408 e. The number of alkyl carbamates (subject to hydrolysis) is 1. The fourth-order valence-electron chi connectivity index (χ4n) is 4.49. The van der Waals surface area contributed by atoms with E-state index >= 15 is 0 Å². The molecule has 222 valence electrons. The van der Waals surface area contributed by atoms with Gasteiger partial charge in [-0.15, -0.1) is 10.2 Å². The van der Waals surface area contributed by atoms with Gasteiger partial charge in [0.15, 0.2) is 0 Å². The Labute approximate surface area is 228 Å². The molecule has 2 aromatic heterocycles. The maximum atomic E-state index is 14.9. The number of ether oxygens (including phenoxy) is 2. The van der Waals surface area contributed by atoms with E-state index in [2.05, 4.69) is 25.9 Å². The third-order valence-corrected chi connectivity index (χ3v) is 6.32. The number of nitrogens with zero attached hydrogens (tertiary/aromatic N) is 4. The van der Waals surface area contributed by atoms with Crippen LogP contribution in [-0.2, 0) is 9.53 Å². The summed E-state index contributed by atoms with van der Waals surface area (Å²) in [5, 5.41) is 16.1. The largest absolute Gasteiger partial charge is 0.480 e. The number of hydrogen-bond acceptors (Lipinski definition) is 7. The van der Waals surface area contributed by atoms with Crippen LogP contribution >= 0.6 is 0 Å². The number of carbonyl (C=O) groups excluding carboxylic acids is 2. The van der Waals surface area contributed by atoms with Gasteiger partial charge in [0.1, 0.15) is 17.3 Å². The number of anilines is 1. The maximum absolute atomic E-state index is 14.9. The van der Waals surface area contributed by atoms with Gasteiger partial charge in [0.05, 0.1) is 25.0 Å². The highest BCUT2D eigenvalue weighted by Crippen LogP contribution is 2.38. The summed E-state index contributed by atoms with van der Waals surface area (Å²) in [7, 11) is 1.27. The Hall–Kier alpha value is -3.52. The van der Waals surface area contributed by atoms with Crippen LogP contribution in [0, 0.1) is 18.8 Å². The first kappa shape index (κ1) is 31.0. The number of amides is 2. The van der Waals surface area contributed by atoms with Crippen molar-refractivity contribution in [2.75, 3.05) is 12.4 Å². The molecule has 0 bridgehead atoms. The number of alkyl halides is 4. The van der Waals surface area contributed by atoms with Crippen LogP contribution in [-0.4, -0.2) is 63.1 Å². The van der Waals surface area contributed by atoms with E-state index in [0.717, 1.165) is 10.9 Å². The highest BCUT2D eigenvalue weighted by atomic mass is 19.3. The van der Waals surface area contributed by atoms with Crippen LogP contribution in [0.4, 0.5) is 32.4 Å². The summed E-state index contributed by atoms with van der Waals surface area (Å²) in [5.41, 5.74) is -0.800. The number of aromatic nitrogens is 4. The predicted molar refractivity (Wildman–Crippen MR) is 133 cm³/mol. The topological polar surface area (TPSA) is 120 Å². The molecule has 10 nitrogen and oxygen atoms in total. The van der Waals surface area contributed by atoms with E-state index in [1.54, 1.807) is 27.7 Å². The molecular weight excluding hydrogens is 543 g/mol. The third-order valence-electron chi connectivity index (χ3n) is 6.32. The van der Waals surface area contributed by atoms with Crippen molar-refractivity contribution in [3.63, 3.8) is 0 Å². The molecule has 0 spiro atoms. The Morgan fingerprint density at radius 3 is 2.42 bits per heavy atom. The highest BCUT2D eigenvalue weighted by molar-refractivity contribution is 5.96. The zero-order chi connectivity index (χ0) is 29.8. The molecule has 1 saturated carbocycles. The van der Waals surface area contributed by atoms with Gasteiger partial charge in [-0.25, -0.2) is 22.4 Å². The van der Waals surface area contributed by atoms with Crippen molar-refractivity contribution in [3.05, 3.63) is 29.5 Å². The number of aryl methyl sites for hydroxylation is 1. The summed E-state index contributed by atoms with van der Waals surface area (Å²) in [6, 6.07) is -1.12. The molecule has 40 heavy (non-hydrogen) atoms. The summed E-state index contributed by atoms with van der Waals surface area (Å²) in [6.07, 6.45) is -4.66. The predicted octanol–water partition coefficient (Wildman–Crippen LogP) is 5.03. The van der Waals surface area contributed by atoms with Crippen molar-refractivity contribution < 1.29 is 41.0 Å². The normalized spacial score (nSPS) is 17.3. The van der Waals surface area contributed by atoms with Crippen LogP contribution in [0.25, 0.3) is 0 Å². The lowest BCUT2D eigenvalue weighted by Gasteiger charge is -2.33. The summed E-state index contributed by atoms with van der Waals surface area (Å²) in [5.74, 6) is -5.72. The molecule has 0 aromatic carbocycles. The third kappa shape index (κ3) is 8.24. The van der Waals surface area contributed by atoms with E-state index in [4.69, 9.17) is 9.47 Å². The molecule has 2 aromatic rings. The molecule has 0 aliphatic heterocycles. The molecule has 0 radical (unpaired) electrons. The minimum Gasteiger partial charge on any atom is -0.480 e. The molecule has 2 amide bonds. The van der Waals surface area contributed by atoms with Gasteiger partial charge in [0.25, 0.3) is 5.95 Å². The van der Waals surface area contributed by atoms with Gasteiger partial charge >= 0.3 is 6.09 Å². The van der Waals surface area contributed by atoms with Gasteiger partial charge in [0, 0.05) is 24.8 Å². The van der Waals surface area contributed by atoms with Crippen molar-refractivity contribution in [2.24, 2.45) is 5.92 Å². The van der Waals surface area contributed by atoms with Crippen LogP contribution in [0.1, 0.15) is 70.2 Å². The molecular formula is C25H33F5N6O4. The van der Waals surface area contributed by atoms with E-state index in [0.29, 0.717) is 5.69 Å². The number of methoxy groups -OCH3 is 1. The Morgan fingerprint density at radius 1 is 1.20 bits per heavy atom. The monoisotopic (exact) mass is 576 g/mol. The average molecular weight is 577 g/mol. The Bertz CT molecular complexity index is 1190. The molecule has 1 aliphatic carbocycles.